The molecule has 0 bridgehead atoms. The number of nitrogens with zero attached hydrogens (tertiary/aromatic N) is 2. The van der Waals surface area contributed by atoms with Gasteiger partial charge in [0.05, 0.1) is 6.61 Å². The van der Waals surface area contributed by atoms with E-state index in [-0.39, 0.29) is 0 Å². The maximum absolute atomic E-state index is 5.75. The van der Waals surface area contributed by atoms with Gasteiger partial charge in [0, 0.05) is 12.6 Å². The van der Waals surface area contributed by atoms with Gasteiger partial charge in [-0.15, -0.1) is 0 Å². The summed E-state index contributed by atoms with van der Waals surface area (Å²) >= 11 is 1.36. The van der Waals surface area contributed by atoms with E-state index in [4.69, 9.17) is 10.5 Å². The SMILES string of the molecule is CCOc1c(N)nsc1NCCCN(C)C(C)C. The van der Waals surface area contributed by atoms with Crippen LogP contribution in [0.3, 0.4) is 0 Å². The van der Waals surface area contributed by atoms with Crippen LogP contribution in [0.15, 0.2) is 0 Å². The summed E-state index contributed by atoms with van der Waals surface area (Å²) in [5, 5.41) is 4.27. The summed E-state index contributed by atoms with van der Waals surface area (Å²) in [7, 11) is 2.14. The molecule has 0 aliphatic rings. The molecule has 104 valence electrons. The Morgan fingerprint density at radius 2 is 2.22 bits per heavy atom. The third-order valence-corrected chi connectivity index (χ3v) is 3.62. The molecule has 0 amide bonds. The smallest absolute Gasteiger partial charge is 0.197 e. The van der Waals surface area contributed by atoms with Crippen LogP contribution in [0.5, 0.6) is 5.75 Å². The molecule has 0 saturated carbocycles. The molecule has 0 fully saturated rings. The van der Waals surface area contributed by atoms with Crippen molar-refractivity contribution in [2.24, 2.45) is 0 Å². The van der Waals surface area contributed by atoms with Gasteiger partial charge in [-0.3, -0.25) is 0 Å². The van der Waals surface area contributed by atoms with Crippen LogP contribution in [-0.4, -0.2) is 42.1 Å². The van der Waals surface area contributed by atoms with Crippen molar-refractivity contribution in [2.75, 3.05) is 37.8 Å². The second-order valence-corrected chi connectivity index (χ2v) is 5.29. The molecule has 0 aromatic carbocycles. The van der Waals surface area contributed by atoms with Gasteiger partial charge in [-0.1, -0.05) is 0 Å². The van der Waals surface area contributed by atoms with Crippen LogP contribution < -0.4 is 15.8 Å². The molecule has 18 heavy (non-hydrogen) atoms. The lowest BCUT2D eigenvalue weighted by atomic mass is 10.3. The van der Waals surface area contributed by atoms with Gasteiger partial charge in [0.25, 0.3) is 0 Å². The Morgan fingerprint density at radius 1 is 1.50 bits per heavy atom. The first kappa shape index (κ1) is 15.0. The molecule has 3 N–H and O–H groups in total. The molecule has 1 rings (SSSR count). The van der Waals surface area contributed by atoms with Gasteiger partial charge in [0.1, 0.15) is 0 Å². The van der Waals surface area contributed by atoms with E-state index in [9.17, 15) is 0 Å². The van der Waals surface area contributed by atoms with Gasteiger partial charge < -0.3 is 20.7 Å². The third kappa shape index (κ3) is 4.34. The number of ether oxygens (including phenoxy) is 1. The maximum Gasteiger partial charge on any atom is 0.197 e. The predicted molar refractivity (Wildman–Crippen MR) is 78.6 cm³/mol. The fraction of sp³-hybridized carbons (Fsp3) is 0.750. The summed E-state index contributed by atoms with van der Waals surface area (Å²) in [4.78, 5) is 2.33. The molecule has 1 heterocycles. The van der Waals surface area contributed by atoms with E-state index in [0.717, 1.165) is 24.5 Å². The number of rotatable bonds is 8. The summed E-state index contributed by atoms with van der Waals surface area (Å²) < 4.78 is 9.57. The van der Waals surface area contributed by atoms with Crippen molar-refractivity contribution in [3.05, 3.63) is 0 Å². The highest BCUT2D eigenvalue weighted by molar-refractivity contribution is 7.11. The second kappa shape index (κ2) is 7.43. The highest BCUT2D eigenvalue weighted by Crippen LogP contribution is 2.34. The predicted octanol–water partition coefficient (Wildman–Crippen LogP) is 2.27. The van der Waals surface area contributed by atoms with Crippen molar-refractivity contribution in [3.63, 3.8) is 0 Å². The molecule has 5 nitrogen and oxygen atoms in total. The first-order valence-electron chi connectivity index (χ1n) is 6.38. The number of hydrogen-bond acceptors (Lipinski definition) is 6. The first-order chi connectivity index (χ1) is 8.56. The summed E-state index contributed by atoms with van der Waals surface area (Å²) in [6, 6.07) is 0.586. The van der Waals surface area contributed by atoms with E-state index in [1.165, 1.54) is 11.5 Å². The van der Waals surface area contributed by atoms with Crippen molar-refractivity contribution < 1.29 is 4.74 Å². The number of nitrogen functional groups attached to an aromatic ring is 1. The second-order valence-electron chi connectivity index (χ2n) is 4.51. The minimum atomic E-state index is 0.476. The Balaban J connectivity index is 2.35. The molecule has 0 aliphatic carbocycles. The van der Waals surface area contributed by atoms with Crippen LogP contribution in [0.1, 0.15) is 27.2 Å². The molecular weight excluding hydrogens is 248 g/mol. The Kier molecular flexibility index (Phi) is 6.21. The number of nitrogens with two attached hydrogens (primary N) is 1. The quantitative estimate of drug-likeness (QED) is 0.711. The minimum absolute atomic E-state index is 0.476. The average Bonchev–Trinajstić information content (AvgIpc) is 2.67. The lowest BCUT2D eigenvalue weighted by Gasteiger charge is -2.20. The number of nitrogens with one attached hydrogen (secondary N) is 1. The summed E-state index contributed by atoms with van der Waals surface area (Å²) in [6.45, 7) is 8.92. The number of hydrogen-bond donors (Lipinski definition) is 2. The van der Waals surface area contributed by atoms with Crippen molar-refractivity contribution >= 4 is 22.4 Å². The van der Waals surface area contributed by atoms with Crippen molar-refractivity contribution in [1.82, 2.24) is 9.27 Å². The van der Waals surface area contributed by atoms with Gasteiger partial charge in [0.15, 0.2) is 16.6 Å². The van der Waals surface area contributed by atoms with Crippen LogP contribution in [-0.2, 0) is 0 Å². The standard InChI is InChI=1S/C12H24N4OS/c1-5-17-10-11(13)15-18-12(10)14-7-6-8-16(4)9(2)3/h9,14H,5-8H2,1-4H3,(H2,13,15). The molecule has 0 unspecified atom stereocenters. The van der Waals surface area contributed by atoms with Crippen LogP contribution in [0, 0.1) is 0 Å². The molecule has 0 atom stereocenters. The normalized spacial score (nSPS) is 11.2. The first-order valence-corrected chi connectivity index (χ1v) is 7.15. The van der Waals surface area contributed by atoms with Gasteiger partial charge in [-0.25, -0.2) is 0 Å². The van der Waals surface area contributed by atoms with E-state index >= 15 is 0 Å². The fourth-order valence-corrected chi connectivity index (χ4v) is 2.16. The van der Waals surface area contributed by atoms with E-state index in [1.807, 2.05) is 6.92 Å². The average molecular weight is 272 g/mol. The number of aromatic nitrogens is 1. The van der Waals surface area contributed by atoms with Crippen LogP contribution >= 0.6 is 11.5 Å². The molecule has 1 aromatic heterocycles. The molecule has 0 aliphatic heterocycles. The topological polar surface area (TPSA) is 63.4 Å². The van der Waals surface area contributed by atoms with Crippen LogP contribution in [0.25, 0.3) is 0 Å². The third-order valence-electron chi connectivity index (χ3n) is 2.82. The van der Waals surface area contributed by atoms with Gasteiger partial charge in [-0.2, -0.15) is 4.37 Å². The zero-order valence-corrected chi connectivity index (χ0v) is 12.5. The Labute approximate surface area is 113 Å². The van der Waals surface area contributed by atoms with E-state index < -0.39 is 0 Å². The van der Waals surface area contributed by atoms with Gasteiger partial charge >= 0.3 is 0 Å². The summed E-state index contributed by atoms with van der Waals surface area (Å²) in [6.07, 6.45) is 1.08. The molecule has 0 saturated heterocycles. The zero-order valence-electron chi connectivity index (χ0n) is 11.7. The Morgan fingerprint density at radius 3 is 2.83 bits per heavy atom. The van der Waals surface area contributed by atoms with E-state index in [2.05, 4.69) is 35.5 Å². The van der Waals surface area contributed by atoms with Crippen LogP contribution in [0.2, 0.25) is 0 Å². The van der Waals surface area contributed by atoms with E-state index in [0.29, 0.717) is 24.2 Å². The fourth-order valence-electron chi connectivity index (χ4n) is 1.48. The molecule has 1 aromatic rings. The van der Waals surface area contributed by atoms with Crippen molar-refractivity contribution in [1.29, 1.82) is 0 Å². The Bertz CT molecular complexity index is 354. The van der Waals surface area contributed by atoms with Crippen molar-refractivity contribution in [3.8, 4) is 5.75 Å². The molecule has 0 radical (unpaired) electrons. The Hall–Kier alpha value is -1.01. The van der Waals surface area contributed by atoms with Gasteiger partial charge in [-0.05, 0) is 52.3 Å². The van der Waals surface area contributed by atoms with Crippen LogP contribution in [0.4, 0.5) is 10.8 Å². The summed E-state index contributed by atoms with van der Waals surface area (Å²) in [5.74, 6) is 1.17. The largest absolute Gasteiger partial charge is 0.487 e. The highest BCUT2D eigenvalue weighted by Gasteiger charge is 2.12. The lowest BCUT2D eigenvalue weighted by molar-refractivity contribution is 0.273. The number of anilines is 2. The molecule has 6 heteroatoms. The van der Waals surface area contributed by atoms with Gasteiger partial charge in [0.2, 0.25) is 0 Å². The minimum Gasteiger partial charge on any atom is -0.487 e. The van der Waals surface area contributed by atoms with E-state index in [1.54, 1.807) is 0 Å². The maximum atomic E-state index is 5.75. The molecular formula is C12H24N4OS. The van der Waals surface area contributed by atoms with Crippen molar-refractivity contribution in [2.45, 2.75) is 33.2 Å². The highest BCUT2D eigenvalue weighted by atomic mass is 32.1. The zero-order chi connectivity index (χ0) is 13.5. The molecule has 0 spiro atoms. The lowest BCUT2D eigenvalue weighted by Crippen LogP contribution is -2.28. The monoisotopic (exact) mass is 272 g/mol. The summed E-state index contributed by atoms with van der Waals surface area (Å²) in [5.41, 5.74) is 5.75.